The highest BCUT2D eigenvalue weighted by atomic mass is 16.2. The van der Waals surface area contributed by atoms with Crippen LogP contribution in [0.4, 0.5) is 0 Å². The van der Waals surface area contributed by atoms with E-state index >= 15 is 0 Å². The average Bonchev–Trinajstić information content (AvgIpc) is 3.01. The minimum Gasteiger partial charge on any atom is -0.336 e. The lowest BCUT2D eigenvalue weighted by molar-refractivity contribution is 0.0671. The molecule has 2 aromatic heterocycles. The molecule has 0 N–H and O–H groups in total. The largest absolute Gasteiger partial charge is 0.336 e. The van der Waals surface area contributed by atoms with Crippen molar-refractivity contribution in [1.82, 2.24) is 24.9 Å². The second kappa shape index (κ2) is 5.40. The van der Waals surface area contributed by atoms with Crippen molar-refractivity contribution in [2.24, 2.45) is 0 Å². The first-order valence-corrected chi connectivity index (χ1v) is 6.81. The Morgan fingerprint density at radius 3 is 3.05 bits per heavy atom. The summed E-state index contributed by atoms with van der Waals surface area (Å²) in [6, 6.07) is 2.10. The van der Waals surface area contributed by atoms with Crippen molar-refractivity contribution >= 4 is 5.91 Å². The molecule has 6 nitrogen and oxygen atoms in total. The SMILES string of the molecule is Cc1cncc(C(=O)N2CCCC(n3ccnn3)C2)c1. The van der Waals surface area contributed by atoms with Crippen molar-refractivity contribution in [2.75, 3.05) is 13.1 Å². The minimum atomic E-state index is 0.0472. The molecular weight excluding hydrogens is 254 g/mol. The van der Waals surface area contributed by atoms with Crippen LogP contribution in [0.3, 0.4) is 0 Å². The van der Waals surface area contributed by atoms with Gasteiger partial charge in [0, 0.05) is 31.7 Å². The predicted molar refractivity (Wildman–Crippen MR) is 73.2 cm³/mol. The van der Waals surface area contributed by atoms with E-state index in [4.69, 9.17) is 0 Å². The summed E-state index contributed by atoms with van der Waals surface area (Å²) < 4.78 is 1.84. The number of aromatic nitrogens is 4. The van der Waals surface area contributed by atoms with Crippen molar-refractivity contribution in [3.63, 3.8) is 0 Å². The quantitative estimate of drug-likeness (QED) is 0.829. The van der Waals surface area contributed by atoms with Crippen molar-refractivity contribution in [1.29, 1.82) is 0 Å². The second-order valence-electron chi connectivity index (χ2n) is 5.18. The van der Waals surface area contributed by atoms with Crippen LogP contribution in [0.2, 0.25) is 0 Å². The van der Waals surface area contributed by atoms with E-state index in [0.29, 0.717) is 12.1 Å². The molecule has 1 amide bonds. The average molecular weight is 271 g/mol. The smallest absolute Gasteiger partial charge is 0.255 e. The predicted octanol–water partition coefficient (Wildman–Crippen LogP) is 1.46. The topological polar surface area (TPSA) is 63.9 Å². The van der Waals surface area contributed by atoms with Gasteiger partial charge in [-0.05, 0) is 31.4 Å². The lowest BCUT2D eigenvalue weighted by Gasteiger charge is -2.32. The number of rotatable bonds is 2. The summed E-state index contributed by atoms with van der Waals surface area (Å²) in [5.41, 5.74) is 1.66. The van der Waals surface area contributed by atoms with E-state index in [-0.39, 0.29) is 11.9 Å². The first-order valence-electron chi connectivity index (χ1n) is 6.81. The van der Waals surface area contributed by atoms with Crippen LogP contribution in [0.5, 0.6) is 0 Å². The fourth-order valence-electron chi connectivity index (χ4n) is 2.62. The van der Waals surface area contributed by atoms with Gasteiger partial charge in [0.1, 0.15) is 0 Å². The molecule has 1 atom stereocenters. The van der Waals surface area contributed by atoms with Gasteiger partial charge in [-0.3, -0.25) is 9.78 Å². The third-order valence-corrected chi connectivity index (χ3v) is 3.62. The van der Waals surface area contributed by atoms with Crippen LogP contribution in [-0.2, 0) is 0 Å². The molecule has 1 saturated heterocycles. The first kappa shape index (κ1) is 12.8. The molecule has 1 aliphatic heterocycles. The summed E-state index contributed by atoms with van der Waals surface area (Å²) in [5, 5.41) is 7.87. The second-order valence-corrected chi connectivity index (χ2v) is 5.18. The number of carbonyl (C=O) groups is 1. The standard InChI is InChI=1S/C14H17N5O/c1-11-7-12(9-15-8-11)14(20)18-5-2-3-13(10-18)19-6-4-16-17-19/h4,6-9,13H,2-3,5,10H2,1H3. The molecule has 104 valence electrons. The highest BCUT2D eigenvalue weighted by molar-refractivity contribution is 5.94. The van der Waals surface area contributed by atoms with Crippen molar-refractivity contribution < 1.29 is 4.79 Å². The number of nitrogens with zero attached hydrogens (tertiary/aromatic N) is 5. The van der Waals surface area contributed by atoms with Crippen LogP contribution in [0, 0.1) is 6.92 Å². The normalized spacial score (nSPS) is 19.1. The van der Waals surface area contributed by atoms with Gasteiger partial charge in [0.05, 0.1) is 17.8 Å². The maximum absolute atomic E-state index is 12.5. The molecule has 0 aromatic carbocycles. The molecule has 1 unspecified atom stereocenters. The lowest BCUT2D eigenvalue weighted by atomic mass is 10.0. The van der Waals surface area contributed by atoms with Gasteiger partial charge in [0.15, 0.2) is 0 Å². The Morgan fingerprint density at radius 1 is 1.40 bits per heavy atom. The van der Waals surface area contributed by atoms with Crippen LogP contribution in [0.25, 0.3) is 0 Å². The molecule has 0 bridgehead atoms. The fraction of sp³-hybridized carbons (Fsp3) is 0.429. The highest BCUT2D eigenvalue weighted by Gasteiger charge is 2.26. The van der Waals surface area contributed by atoms with Crippen LogP contribution in [0.1, 0.15) is 34.8 Å². The zero-order valence-corrected chi connectivity index (χ0v) is 11.4. The van der Waals surface area contributed by atoms with Gasteiger partial charge in [0.25, 0.3) is 5.91 Å². The number of amides is 1. The van der Waals surface area contributed by atoms with Crippen LogP contribution < -0.4 is 0 Å². The summed E-state index contributed by atoms with van der Waals surface area (Å²) in [6.07, 6.45) is 8.92. The van der Waals surface area contributed by atoms with Gasteiger partial charge in [-0.2, -0.15) is 0 Å². The molecule has 0 radical (unpaired) electrons. The monoisotopic (exact) mass is 271 g/mol. The molecule has 1 aliphatic rings. The highest BCUT2D eigenvalue weighted by Crippen LogP contribution is 2.21. The molecular formula is C14H17N5O. The van der Waals surface area contributed by atoms with Crippen LogP contribution in [-0.4, -0.2) is 43.9 Å². The number of hydrogen-bond acceptors (Lipinski definition) is 4. The van der Waals surface area contributed by atoms with E-state index in [1.54, 1.807) is 18.6 Å². The Morgan fingerprint density at radius 2 is 2.30 bits per heavy atom. The van der Waals surface area contributed by atoms with Gasteiger partial charge in [-0.15, -0.1) is 5.10 Å². The minimum absolute atomic E-state index is 0.0472. The number of pyridine rings is 1. The van der Waals surface area contributed by atoms with Gasteiger partial charge < -0.3 is 4.90 Å². The molecule has 0 spiro atoms. The molecule has 1 fully saturated rings. The maximum atomic E-state index is 12.5. The summed E-state index contributed by atoms with van der Waals surface area (Å²) in [4.78, 5) is 18.5. The Bertz CT molecular complexity index is 595. The fourth-order valence-corrected chi connectivity index (χ4v) is 2.62. The number of carbonyl (C=O) groups excluding carboxylic acids is 1. The van der Waals surface area contributed by atoms with E-state index in [1.165, 1.54) is 0 Å². The van der Waals surface area contributed by atoms with E-state index in [2.05, 4.69) is 15.3 Å². The summed E-state index contributed by atoms with van der Waals surface area (Å²) >= 11 is 0. The molecule has 0 aliphatic carbocycles. The van der Waals surface area contributed by atoms with Gasteiger partial charge >= 0.3 is 0 Å². The van der Waals surface area contributed by atoms with Gasteiger partial charge in [-0.25, -0.2) is 4.68 Å². The van der Waals surface area contributed by atoms with E-state index in [9.17, 15) is 4.79 Å². The van der Waals surface area contributed by atoms with Gasteiger partial charge in [-0.1, -0.05) is 5.21 Å². The molecule has 6 heteroatoms. The van der Waals surface area contributed by atoms with Crippen LogP contribution >= 0.6 is 0 Å². The maximum Gasteiger partial charge on any atom is 0.255 e. The molecule has 0 saturated carbocycles. The molecule has 2 aromatic rings. The zero-order valence-electron chi connectivity index (χ0n) is 11.4. The Hall–Kier alpha value is -2.24. The summed E-state index contributed by atoms with van der Waals surface area (Å²) in [6.45, 7) is 3.41. The van der Waals surface area contributed by atoms with E-state index in [0.717, 1.165) is 24.9 Å². The Balaban J connectivity index is 1.75. The number of aryl methyl sites for hydroxylation is 1. The van der Waals surface area contributed by atoms with Gasteiger partial charge in [0.2, 0.25) is 0 Å². The van der Waals surface area contributed by atoms with E-state index < -0.39 is 0 Å². The number of hydrogen-bond donors (Lipinski definition) is 0. The van der Waals surface area contributed by atoms with Crippen molar-refractivity contribution in [3.8, 4) is 0 Å². The van der Waals surface area contributed by atoms with E-state index in [1.807, 2.05) is 28.8 Å². The lowest BCUT2D eigenvalue weighted by Crippen LogP contribution is -2.40. The van der Waals surface area contributed by atoms with Crippen LogP contribution in [0.15, 0.2) is 30.9 Å². The molecule has 20 heavy (non-hydrogen) atoms. The zero-order chi connectivity index (χ0) is 13.9. The third-order valence-electron chi connectivity index (χ3n) is 3.62. The Kier molecular flexibility index (Phi) is 3.45. The molecule has 3 rings (SSSR count). The number of piperidine rings is 1. The Labute approximate surface area is 117 Å². The summed E-state index contributed by atoms with van der Waals surface area (Å²) in [5.74, 6) is 0.0472. The van der Waals surface area contributed by atoms with Crippen molar-refractivity contribution in [3.05, 3.63) is 42.0 Å². The molecule has 3 heterocycles. The first-order chi connectivity index (χ1) is 9.74. The number of likely N-dealkylation sites (tertiary alicyclic amines) is 1. The van der Waals surface area contributed by atoms with Crippen molar-refractivity contribution in [2.45, 2.75) is 25.8 Å². The third kappa shape index (κ3) is 2.54. The summed E-state index contributed by atoms with van der Waals surface area (Å²) in [7, 11) is 0.